The van der Waals surface area contributed by atoms with Crippen molar-refractivity contribution in [3.63, 3.8) is 0 Å². The van der Waals surface area contributed by atoms with Gasteiger partial charge in [-0.3, -0.25) is 4.79 Å². The zero-order valence-electron chi connectivity index (χ0n) is 23.9. The monoisotopic (exact) mass is 577 g/mol. The highest BCUT2D eigenvalue weighted by molar-refractivity contribution is 5.81. The molecule has 7 nitrogen and oxygen atoms in total. The maximum absolute atomic E-state index is 14.0. The summed E-state index contributed by atoms with van der Waals surface area (Å²) in [5, 5.41) is 3.19. The van der Waals surface area contributed by atoms with Crippen LogP contribution in [0.4, 0.5) is 13.2 Å². The average Bonchev–Trinajstić information content (AvgIpc) is 3.01. The summed E-state index contributed by atoms with van der Waals surface area (Å²) in [6.45, 7) is 6.09. The van der Waals surface area contributed by atoms with E-state index >= 15 is 0 Å². The molecule has 220 valence electrons. The Morgan fingerprint density at radius 1 is 1.07 bits per heavy atom. The van der Waals surface area contributed by atoms with Gasteiger partial charge >= 0.3 is 12.2 Å². The predicted octanol–water partition coefficient (Wildman–Crippen LogP) is 5.38. The quantitative estimate of drug-likeness (QED) is 0.441. The molecule has 0 amide bonds. The third-order valence-corrected chi connectivity index (χ3v) is 7.14. The van der Waals surface area contributed by atoms with Crippen LogP contribution in [0.5, 0.6) is 6.01 Å². The first-order valence-corrected chi connectivity index (χ1v) is 14.0. The molecule has 5 rings (SSSR count). The van der Waals surface area contributed by atoms with Gasteiger partial charge in [-0.2, -0.15) is 13.2 Å². The van der Waals surface area contributed by atoms with Crippen molar-refractivity contribution in [3.8, 4) is 11.7 Å². The van der Waals surface area contributed by atoms with Crippen LogP contribution in [-0.4, -0.2) is 51.3 Å². The van der Waals surface area contributed by atoms with Crippen molar-refractivity contribution in [2.75, 3.05) is 13.2 Å². The summed E-state index contributed by atoms with van der Waals surface area (Å²) in [6, 6.07) is 18.9. The van der Waals surface area contributed by atoms with Crippen molar-refractivity contribution >= 4 is 5.96 Å². The lowest BCUT2D eigenvalue weighted by Crippen LogP contribution is -2.52. The number of aromatic nitrogens is 2. The number of aliphatic imine (C=N–C) groups is 1. The maximum Gasteiger partial charge on any atom is 0.416 e. The van der Waals surface area contributed by atoms with Crippen LogP contribution in [-0.2, 0) is 19.4 Å². The lowest BCUT2D eigenvalue weighted by Gasteiger charge is -2.35. The third kappa shape index (κ3) is 6.75. The van der Waals surface area contributed by atoms with E-state index in [1.165, 1.54) is 10.6 Å². The van der Waals surface area contributed by atoms with Gasteiger partial charge in [0.05, 0.1) is 47.3 Å². The molecule has 1 aromatic heterocycles. The van der Waals surface area contributed by atoms with Gasteiger partial charge < -0.3 is 15.0 Å². The smallest absolute Gasteiger partial charge is 0.416 e. The topological polar surface area (TPSA) is 71.8 Å². The number of nitrogens with one attached hydrogen (secondary N) is 1. The van der Waals surface area contributed by atoms with E-state index in [2.05, 4.69) is 5.32 Å². The van der Waals surface area contributed by atoms with Crippen molar-refractivity contribution in [3.05, 3.63) is 112 Å². The second kappa shape index (κ2) is 11.9. The molecule has 3 aromatic rings. The third-order valence-electron chi connectivity index (χ3n) is 7.14. The lowest BCUT2D eigenvalue weighted by atomic mass is 10.00. The average molecular weight is 578 g/mol. The number of nitrogens with zero attached hydrogens (tertiary/aromatic N) is 4. The normalized spacial score (nSPS) is 20.5. The Labute approximate surface area is 243 Å². The molecule has 0 bridgehead atoms. The van der Waals surface area contributed by atoms with Crippen molar-refractivity contribution in [2.45, 2.75) is 57.9 Å². The van der Waals surface area contributed by atoms with Gasteiger partial charge in [0.2, 0.25) is 0 Å². The number of alkyl halides is 3. The summed E-state index contributed by atoms with van der Waals surface area (Å²) < 4.78 is 48.5. The molecule has 2 aliphatic heterocycles. The van der Waals surface area contributed by atoms with Gasteiger partial charge in [-0.15, -0.1) is 0 Å². The number of hydrogen-bond acceptors (Lipinski definition) is 6. The van der Waals surface area contributed by atoms with Crippen molar-refractivity contribution in [2.24, 2.45) is 4.99 Å². The number of fused-ring (bicyclic) bond motifs is 1. The molecule has 1 N–H and O–H groups in total. The minimum atomic E-state index is -4.49. The molecule has 0 saturated carbocycles. The first-order chi connectivity index (χ1) is 20.0. The van der Waals surface area contributed by atoms with E-state index in [4.69, 9.17) is 14.7 Å². The van der Waals surface area contributed by atoms with E-state index < -0.39 is 23.3 Å². The molecule has 1 unspecified atom stereocenters. The Morgan fingerprint density at radius 3 is 2.45 bits per heavy atom. The SMILES string of the molecule is CC1/C=C\C(C(F)(F)F)=C/C(C)(C)NC(N2CCc3nc(OCCc4ccccc4)n(-c4ccccc4)c(=O)c3C2)=N1. The molecular weight excluding hydrogens is 543 g/mol. The highest BCUT2D eigenvalue weighted by Crippen LogP contribution is 2.30. The number of guanidine groups is 1. The summed E-state index contributed by atoms with van der Waals surface area (Å²) in [6.07, 6.45) is 0.298. The first kappa shape index (κ1) is 29.2. The molecule has 2 aliphatic rings. The summed E-state index contributed by atoms with van der Waals surface area (Å²) in [5.41, 5.74) is 0.852. The molecular formula is C32H34F3N5O2. The first-order valence-electron chi connectivity index (χ1n) is 14.0. The molecule has 3 heterocycles. The predicted molar refractivity (Wildman–Crippen MR) is 157 cm³/mol. The molecule has 0 aliphatic carbocycles. The number of para-hydroxylation sites is 1. The minimum absolute atomic E-state index is 0.201. The standard InChI is InChI=1S/C32H34F3N5O2/c1-22-14-15-24(32(33,34)35)20-31(2,3)38-29(36-22)39-18-16-27-26(21-39)28(41)40(25-12-8-5-9-13-25)30(37-27)42-19-17-23-10-6-4-7-11-23/h4-15,20,22H,16-19,21H2,1-3H3,(H,36,38)/b15-14-,24-20+. The number of rotatable bonds is 5. The van der Waals surface area contributed by atoms with Crippen LogP contribution >= 0.6 is 0 Å². The highest BCUT2D eigenvalue weighted by atomic mass is 19.4. The van der Waals surface area contributed by atoms with E-state index in [0.717, 1.165) is 17.7 Å². The summed E-state index contributed by atoms with van der Waals surface area (Å²) >= 11 is 0. The fraction of sp³-hybridized carbons (Fsp3) is 0.344. The molecule has 0 fully saturated rings. The van der Waals surface area contributed by atoms with E-state index in [-0.39, 0.29) is 18.1 Å². The Balaban J connectivity index is 1.46. The van der Waals surface area contributed by atoms with Gasteiger partial charge in [-0.1, -0.05) is 60.7 Å². The fourth-order valence-corrected chi connectivity index (χ4v) is 5.05. The molecule has 10 heteroatoms. The molecule has 0 saturated heterocycles. The van der Waals surface area contributed by atoms with Gasteiger partial charge in [0.25, 0.3) is 5.56 Å². The van der Waals surface area contributed by atoms with Crippen molar-refractivity contribution < 1.29 is 17.9 Å². The van der Waals surface area contributed by atoms with E-state index in [0.29, 0.717) is 48.9 Å². The number of benzene rings is 2. The Morgan fingerprint density at radius 2 is 1.76 bits per heavy atom. The second-order valence-corrected chi connectivity index (χ2v) is 11.0. The van der Waals surface area contributed by atoms with Gasteiger partial charge in [0.1, 0.15) is 0 Å². The van der Waals surface area contributed by atoms with Gasteiger partial charge in [0, 0.05) is 19.4 Å². The van der Waals surface area contributed by atoms with Crippen LogP contribution in [0.3, 0.4) is 0 Å². The molecule has 0 radical (unpaired) electrons. The highest BCUT2D eigenvalue weighted by Gasteiger charge is 2.35. The van der Waals surface area contributed by atoms with Gasteiger partial charge in [-0.25, -0.2) is 14.5 Å². The van der Waals surface area contributed by atoms with E-state index in [9.17, 15) is 18.0 Å². The van der Waals surface area contributed by atoms with Crippen LogP contribution in [0.25, 0.3) is 5.69 Å². The summed E-state index contributed by atoms with van der Waals surface area (Å²) in [7, 11) is 0. The number of ether oxygens (including phenoxy) is 1. The summed E-state index contributed by atoms with van der Waals surface area (Å²) in [4.78, 5) is 25.4. The number of allylic oxidation sites excluding steroid dienone is 2. The Hall–Kier alpha value is -4.34. The van der Waals surface area contributed by atoms with E-state index in [1.54, 1.807) is 20.8 Å². The van der Waals surface area contributed by atoms with Gasteiger partial charge in [-0.05, 0) is 44.5 Å². The minimum Gasteiger partial charge on any atom is -0.464 e. The lowest BCUT2D eigenvalue weighted by molar-refractivity contribution is -0.0887. The van der Waals surface area contributed by atoms with Crippen LogP contribution in [0, 0.1) is 0 Å². The Bertz CT molecular complexity index is 1560. The van der Waals surface area contributed by atoms with Crippen LogP contribution in [0.15, 0.2) is 94.3 Å². The molecule has 2 aromatic carbocycles. The van der Waals surface area contributed by atoms with Crippen LogP contribution in [0.1, 0.15) is 37.6 Å². The largest absolute Gasteiger partial charge is 0.464 e. The van der Waals surface area contributed by atoms with Crippen LogP contribution in [0.2, 0.25) is 0 Å². The van der Waals surface area contributed by atoms with Crippen LogP contribution < -0.4 is 15.6 Å². The van der Waals surface area contributed by atoms with Crippen molar-refractivity contribution in [1.82, 2.24) is 19.8 Å². The molecule has 1 atom stereocenters. The van der Waals surface area contributed by atoms with E-state index in [1.807, 2.05) is 65.6 Å². The fourth-order valence-electron chi connectivity index (χ4n) is 5.05. The van der Waals surface area contributed by atoms with Gasteiger partial charge in [0.15, 0.2) is 5.96 Å². The van der Waals surface area contributed by atoms with Crippen molar-refractivity contribution in [1.29, 1.82) is 0 Å². The number of halogens is 3. The molecule has 42 heavy (non-hydrogen) atoms. The maximum atomic E-state index is 14.0. The Kier molecular flexibility index (Phi) is 8.24. The summed E-state index contributed by atoms with van der Waals surface area (Å²) in [5.74, 6) is 0.427. The number of hydrogen-bond donors (Lipinski definition) is 1. The molecule has 0 spiro atoms. The zero-order valence-corrected chi connectivity index (χ0v) is 23.9. The second-order valence-electron chi connectivity index (χ2n) is 11.0. The zero-order chi connectivity index (χ0) is 29.9.